The zero-order valence-corrected chi connectivity index (χ0v) is 10.1. The van der Waals surface area contributed by atoms with Gasteiger partial charge in [-0.25, -0.2) is 0 Å². The molecule has 0 aliphatic heterocycles. The molecule has 0 fully saturated rings. The van der Waals surface area contributed by atoms with Crippen LogP contribution in [0.4, 0.5) is 0 Å². The van der Waals surface area contributed by atoms with Gasteiger partial charge in [0.1, 0.15) is 0 Å². The van der Waals surface area contributed by atoms with E-state index >= 15 is 0 Å². The molecule has 0 heterocycles. The fourth-order valence-electron chi connectivity index (χ4n) is 1.69. The van der Waals surface area contributed by atoms with E-state index in [9.17, 15) is 0 Å². The molecule has 0 saturated heterocycles. The van der Waals surface area contributed by atoms with E-state index in [1.807, 2.05) is 0 Å². The molecule has 0 atom stereocenters. The first-order valence-corrected chi connectivity index (χ1v) is 5.88. The lowest BCUT2D eigenvalue weighted by Crippen LogP contribution is -1.86. The summed E-state index contributed by atoms with van der Waals surface area (Å²) in [7, 11) is 0. The largest absolute Gasteiger partial charge is 0.100 e. The Labute approximate surface area is 94.0 Å². The van der Waals surface area contributed by atoms with Crippen LogP contribution in [-0.4, -0.2) is 0 Å². The first-order chi connectivity index (χ1) is 7.18. The van der Waals surface area contributed by atoms with Gasteiger partial charge in [0, 0.05) is 0 Å². The lowest BCUT2D eigenvalue weighted by atomic mass is 10.0. The van der Waals surface area contributed by atoms with Gasteiger partial charge in [0.15, 0.2) is 0 Å². The second-order valence-corrected chi connectivity index (χ2v) is 4.50. The fraction of sp³-hybridized carbons (Fsp3) is 0.467. The van der Waals surface area contributed by atoms with E-state index in [1.165, 1.54) is 48.8 Å². The van der Waals surface area contributed by atoms with Crippen molar-refractivity contribution >= 4 is 0 Å². The van der Waals surface area contributed by atoms with Crippen molar-refractivity contribution in [1.29, 1.82) is 0 Å². The van der Waals surface area contributed by atoms with Crippen LogP contribution >= 0.6 is 0 Å². The van der Waals surface area contributed by atoms with Crippen LogP contribution in [0.5, 0.6) is 0 Å². The second-order valence-electron chi connectivity index (χ2n) is 4.50. The normalized spacial score (nSPS) is 10.3. The number of hydrogen-bond acceptors (Lipinski definition) is 0. The number of benzene rings is 1. The van der Waals surface area contributed by atoms with Crippen molar-refractivity contribution in [3.05, 3.63) is 47.5 Å². The highest BCUT2D eigenvalue weighted by Gasteiger charge is 1.94. The molecule has 0 aromatic heterocycles. The van der Waals surface area contributed by atoms with Crippen LogP contribution < -0.4 is 0 Å². The Hall–Kier alpha value is -1.04. The van der Waals surface area contributed by atoms with Crippen molar-refractivity contribution in [2.45, 2.75) is 46.0 Å². The number of aryl methyl sites for hydroxylation is 2. The maximum atomic E-state index is 3.92. The molecule has 0 aliphatic rings. The molecule has 1 aromatic rings. The summed E-state index contributed by atoms with van der Waals surface area (Å²) in [6, 6.07) is 8.88. The molecule has 0 aliphatic carbocycles. The summed E-state index contributed by atoms with van der Waals surface area (Å²) in [4.78, 5) is 0. The number of unbranched alkanes of at least 4 members (excludes halogenated alkanes) is 2. The van der Waals surface area contributed by atoms with Crippen LogP contribution in [0, 0.1) is 6.92 Å². The van der Waals surface area contributed by atoms with E-state index in [0.29, 0.717) is 0 Å². The minimum absolute atomic E-state index is 1.19. The topological polar surface area (TPSA) is 0 Å². The Kier molecular flexibility index (Phi) is 5.17. The second kappa shape index (κ2) is 6.44. The molecule has 0 nitrogen and oxygen atoms in total. The SMILES string of the molecule is C=C(C)CCCCCc1ccc(C)cc1. The van der Waals surface area contributed by atoms with Crippen LogP contribution in [0.2, 0.25) is 0 Å². The molecule has 82 valence electrons. The van der Waals surface area contributed by atoms with Crippen molar-refractivity contribution < 1.29 is 0 Å². The summed E-state index contributed by atoms with van der Waals surface area (Å²) in [6.45, 7) is 8.17. The molecule has 15 heavy (non-hydrogen) atoms. The van der Waals surface area contributed by atoms with E-state index in [4.69, 9.17) is 0 Å². The zero-order chi connectivity index (χ0) is 11.1. The summed E-state index contributed by atoms with van der Waals surface area (Å²) >= 11 is 0. The molecular formula is C15H22. The molecular weight excluding hydrogens is 180 g/mol. The molecule has 1 rings (SSSR count). The van der Waals surface area contributed by atoms with E-state index < -0.39 is 0 Å². The van der Waals surface area contributed by atoms with E-state index in [1.54, 1.807) is 0 Å². The van der Waals surface area contributed by atoms with Gasteiger partial charge in [-0.3, -0.25) is 0 Å². The molecule has 1 aromatic carbocycles. The predicted molar refractivity (Wildman–Crippen MR) is 68.2 cm³/mol. The minimum atomic E-state index is 1.19. The first kappa shape index (κ1) is 12.0. The molecule has 0 radical (unpaired) electrons. The molecule has 0 amide bonds. The van der Waals surface area contributed by atoms with Gasteiger partial charge in [0.2, 0.25) is 0 Å². The van der Waals surface area contributed by atoms with Gasteiger partial charge in [-0.15, -0.1) is 6.58 Å². The summed E-state index contributed by atoms with van der Waals surface area (Å²) in [5, 5.41) is 0. The van der Waals surface area contributed by atoms with Crippen molar-refractivity contribution in [2.75, 3.05) is 0 Å². The number of rotatable bonds is 6. The third-order valence-electron chi connectivity index (χ3n) is 2.69. The maximum Gasteiger partial charge on any atom is -0.0279 e. The summed E-state index contributed by atoms with van der Waals surface area (Å²) in [5.74, 6) is 0. The first-order valence-electron chi connectivity index (χ1n) is 5.88. The lowest BCUT2D eigenvalue weighted by Gasteiger charge is -2.02. The highest BCUT2D eigenvalue weighted by molar-refractivity contribution is 5.21. The number of hydrogen-bond donors (Lipinski definition) is 0. The third kappa shape index (κ3) is 5.41. The highest BCUT2D eigenvalue weighted by Crippen LogP contribution is 2.11. The van der Waals surface area contributed by atoms with Gasteiger partial charge in [-0.2, -0.15) is 0 Å². The maximum absolute atomic E-state index is 3.92. The Bertz CT molecular complexity index is 292. The standard InChI is InChI=1S/C15H22/c1-13(2)7-5-4-6-8-15-11-9-14(3)10-12-15/h9-12H,1,4-8H2,2-3H3. The van der Waals surface area contributed by atoms with E-state index in [0.717, 1.165) is 0 Å². The lowest BCUT2D eigenvalue weighted by molar-refractivity contribution is 0.676. The molecule has 0 N–H and O–H groups in total. The fourth-order valence-corrected chi connectivity index (χ4v) is 1.69. The quantitative estimate of drug-likeness (QED) is 0.464. The molecule has 0 heteroatoms. The van der Waals surface area contributed by atoms with Crippen molar-refractivity contribution in [2.24, 2.45) is 0 Å². The highest BCUT2D eigenvalue weighted by atomic mass is 14.0. The van der Waals surface area contributed by atoms with Crippen LogP contribution in [0.25, 0.3) is 0 Å². The van der Waals surface area contributed by atoms with Crippen molar-refractivity contribution in [3.8, 4) is 0 Å². The van der Waals surface area contributed by atoms with Gasteiger partial charge in [0.05, 0.1) is 0 Å². The smallest absolute Gasteiger partial charge is 0.0279 e. The van der Waals surface area contributed by atoms with Gasteiger partial charge in [-0.05, 0) is 45.1 Å². The molecule has 0 saturated carbocycles. The van der Waals surface area contributed by atoms with Gasteiger partial charge >= 0.3 is 0 Å². The Morgan fingerprint density at radius 1 is 1.07 bits per heavy atom. The van der Waals surface area contributed by atoms with Crippen molar-refractivity contribution in [1.82, 2.24) is 0 Å². The monoisotopic (exact) mass is 202 g/mol. The summed E-state index contributed by atoms with van der Waals surface area (Å²) in [6.07, 6.45) is 6.32. The van der Waals surface area contributed by atoms with Crippen LogP contribution in [-0.2, 0) is 6.42 Å². The Morgan fingerprint density at radius 2 is 1.73 bits per heavy atom. The summed E-state index contributed by atoms with van der Waals surface area (Å²) < 4.78 is 0. The third-order valence-corrected chi connectivity index (χ3v) is 2.69. The average Bonchev–Trinajstić information content (AvgIpc) is 2.20. The van der Waals surface area contributed by atoms with Gasteiger partial charge < -0.3 is 0 Å². The minimum Gasteiger partial charge on any atom is -0.100 e. The zero-order valence-electron chi connectivity index (χ0n) is 10.1. The van der Waals surface area contributed by atoms with Crippen LogP contribution in [0.1, 0.15) is 43.7 Å². The van der Waals surface area contributed by atoms with E-state index in [2.05, 4.69) is 44.7 Å². The Balaban J connectivity index is 2.15. The molecule has 0 spiro atoms. The Morgan fingerprint density at radius 3 is 2.33 bits per heavy atom. The molecule has 0 unspecified atom stereocenters. The van der Waals surface area contributed by atoms with Crippen LogP contribution in [0.15, 0.2) is 36.4 Å². The number of allylic oxidation sites excluding steroid dienone is 1. The summed E-state index contributed by atoms with van der Waals surface area (Å²) in [5.41, 5.74) is 4.13. The van der Waals surface area contributed by atoms with Crippen LogP contribution in [0.3, 0.4) is 0 Å². The van der Waals surface area contributed by atoms with Crippen molar-refractivity contribution in [3.63, 3.8) is 0 Å². The molecule has 0 bridgehead atoms. The average molecular weight is 202 g/mol. The van der Waals surface area contributed by atoms with Gasteiger partial charge in [0.25, 0.3) is 0 Å². The van der Waals surface area contributed by atoms with Gasteiger partial charge in [-0.1, -0.05) is 41.8 Å². The predicted octanol–water partition coefficient (Wildman–Crippen LogP) is 4.67. The van der Waals surface area contributed by atoms with E-state index in [-0.39, 0.29) is 0 Å².